The molecular formula is C17H27NO3. The van der Waals surface area contributed by atoms with Crippen LogP contribution in [0.25, 0.3) is 0 Å². The smallest absolute Gasteiger partial charge is 0.256 e. The molecule has 0 saturated carbocycles. The SMILES string of the molecule is CCCOC(C)(CC)C(=O)Nc1ccc(OC(C)C)cc1. The lowest BCUT2D eigenvalue weighted by molar-refractivity contribution is -0.139. The van der Waals surface area contributed by atoms with Crippen molar-refractivity contribution in [2.75, 3.05) is 11.9 Å². The van der Waals surface area contributed by atoms with Crippen molar-refractivity contribution in [3.63, 3.8) is 0 Å². The van der Waals surface area contributed by atoms with E-state index in [2.05, 4.69) is 5.32 Å². The van der Waals surface area contributed by atoms with Gasteiger partial charge in [-0.1, -0.05) is 13.8 Å². The first kappa shape index (κ1) is 17.5. The van der Waals surface area contributed by atoms with Crippen molar-refractivity contribution in [3.8, 4) is 5.75 Å². The standard InChI is InChI=1S/C17H27NO3/c1-6-12-20-17(5,7-2)16(19)18-14-8-10-15(11-9-14)21-13(3)4/h8-11,13H,6-7,12H2,1-5H3,(H,18,19). The van der Waals surface area contributed by atoms with E-state index in [-0.39, 0.29) is 12.0 Å². The Labute approximate surface area is 127 Å². The van der Waals surface area contributed by atoms with Crippen LogP contribution in [0.4, 0.5) is 5.69 Å². The van der Waals surface area contributed by atoms with Crippen LogP contribution in [0, 0.1) is 0 Å². The highest BCUT2D eigenvalue weighted by Gasteiger charge is 2.32. The van der Waals surface area contributed by atoms with Gasteiger partial charge in [0.1, 0.15) is 11.4 Å². The second-order valence-electron chi connectivity index (χ2n) is 5.58. The summed E-state index contributed by atoms with van der Waals surface area (Å²) in [4.78, 5) is 12.4. The molecule has 4 heteroatoms. The van der Waals surface area contributed by atoms with Crippen LogP contribution < -0.4 is 10.1 Å². The molecule has 0 spiro atoms. The van der Waals surface area contributed by atoms with E-state index in [4.69, 9.17) is 9.47 Å². The summed E-state index contributed by atoms with van der Waals surface area (Å²) in [5.41, 5.74) is -0.0424. The molecular weight excluding hydrogens is 266 g/mol. The molecule has 1 rings (SSSR count). The molecule has 1 amide bonds. The van der Waals surface area contributed by atoms with Crippen molar-refractivity contribution in [2.24, 2.45) is 0 Å². The fraction of sp³-hybridized carbons (Fsp3) is 0.588. The van der Waals surface area contributed by atoms with Crippen molar-refractivity contribution < 1.29 is 14.3 Å². The number of ether oxygens (including phenoxy) is 2. The number of amides is 1. The number of carbonyl (C=O) groups is 1. The van der Waals surface area contributed by atoms with E-state index < -0.39 is 5.60 Å². The number of rotatable bonds is 8. The minimum absolute atomic E-state index is 0.115. The second-order valence-corrected chi connectivity index (χ2v) is 5.58. The Morgan fingerprint density at radius 1 is 1.24 bits per heavy atom. The average Bonchev–Trinajstić information content (AvgIpc) is 2.46. The molecule has 0 fully saturated rings. The van der Waals surface area contributed by atoms with E-state index in [9.17, 15) is 4.79 Å². The maximum atomic E-state index is 12.4. The monoisotopic (exact) mass is 293 g/mol. The highest BCUT2D eigenvalue weighted by molar-refractivity contribution is 5.97. The minimum atomic E-state index is -0.789. The molecule has 4 nitrogen and oxygen atoms in total. The summed E-state index contributed by atoms with van der Waals surface area (Å²) in [7, 11) is 0. The number of benzene rings is 1. The van der Waals surface area contributed by atoms with Gasteiger partial charge in [0.2, 0.25) is 0 Å². The highest BCUT2D eigenvalue weighted by atomic mass is 16.5. The zero-order chi connectivity index (χ0) is 15.9. The molecule has 1 N–H and O–H groups in total. The van der Waals surface area contributed by atoms with Gasteiger partial charge in [-0.25, -0.2) is 0 Å². The Hall–Kier alpha value is -1.55. The van der Waals surface area contributed by atoms with Gasteiger partial charge in [-0.2, -0.15) is 0 Å². The quantitative estimate of drug-likeness (QED) is 0.788. The van der Waals surface area contributed by atoms with Crippen LogP contribution in [0.15, 0.2) is 24.3 Å². The number of anilines is 1. The van der Waals surface area contributed by atoms with Gasteiger partial charge in [-0.05, 0) is 57.9 Å². The summed E-state index contributed by atoms with van der Waals surface area (Å²) in [5.74, 6) is 0.680. The first-order valence-electron chi connectivity index (χ1n) is 7.63. The molecule has 0 bridgehead atoms. The maximum absolute atomic E-state index is 12.4. The van der Waals surface area contributed by atoms with Gasteiger partial charge >= 0.3 is 0 Å². The minimum Gasteiger partial charge on any atom is -0.491 e. The predicted octanol–water partition coefficient (Wildman–Crippen LogP) is 4.01. The third-order valence-corrected chi connectivity index (χ3v) is 3.26. The van der Waals surface area contributed by atoms with Crippen molar-refractivity contribution >= 4 is 11.6 Å². The summed E-state index contributed by atoms with van der Waals surface area (Å²) in [6.07, 6.45) is 1.66. The summed E-state index contributed by atoms with van der Waals surface area (Å²) in [6.45, 7) is 10.4. The molecule has 0 aliphatic heterocycles. The molecule has 0 heterocycles. The normalized spacial score (nSPS) is 13.8. The van der Waals surface area contributed by atoms with Crippen molar-refractivity contribution in [1.29, 1.82) is 0 Å². The van der Waals surface area contributed by atoms with Crippen LogP contribution in [0.5, 0.6) is 5.75 Å². The van der Waals surface area contributed by atoms with Crippen LogP contribution in [-0.4, -0.2) is 24.2 Å². The van der Waals surface area contributed by atoms with Crippen molar-refractivity contribution in [1.82, 2.24) is 0 Å². The molecule has 0 saturated heterocycles. The zero-order valence-electron chi connectivity index (χ0n) is 13.7. The Morgan fingerprint density at radius 2 is 1.86 bits per heavy atom. The topological polar surface area (TPSA) is 47.6 Å². The van der Waals surface area contributed by atoms with Crippen LogP contribution in [0.3, 0.4) is 0 Å². The molecule has 1 unspecified atom stereocenters. The van der Waals surface area contributed by atoms with E-state index >= 15 is 0 Å². The van der Waals surface area contributed by atoms with E-state index in [1.807, 2.05) is 58.9 Å². The number of nitrogens with one attached hydrogen (secondary N) is 1. The van der Waals surface area contributed by atoms with E-state index in [1.165, 1.54) is 0 Å². The average molecular weight is 293 g/mol. The highest BCUT2D eigenvalue weighted by Crippen LogP contribution is 2.21. The first-order chi connectivity index (χ1) is 9.91. The maximum Gasteiger partial charge on any atom is 0.256 e. The van der Waals surface area contributed by atoms with E-state index in [0.717, 1.165) is 17.9 Å². The van der Waals surface area contributed by atoms with Gasteiger partial charge in [0.05, 0.1) is 6.10 Å². The number of hydrogen-bond donors (Lipinski definition) is 1. The summed E-state index contributed by atoms with van der Waals surface area (Å²) < 4.78 is 11.3. The van der Waals surface area contributed by atoms with Gasteiger partial charge in [0.15, 0.2) is 0 Å². The number of carbonyl (C=O) groups excluding carboxylic acids is 1. The molecule has 0 aromatic heterocycles. The first-order valence-corrected chi connectivity index (χ1v) is 7.63. The van der Waals surface area contributed by atoms with Gasteiger partial charge < -0.3 is 14.8 Å². The van der Waals surface area contributed by atoms with Gasteiger partial charge in [-0.3, -0.25) is 4.79 Å². The van der Waals surface area contributed by atoms with Gasteiger partial charge in [-0.15, -0.1) is 0 Å². The molecule has 118 valence electrons. The second kappa shape index (κ2) is 8.03. The summed E-state index contributed by atoms with van der Waals surface area (Å²) in [6, 6.07) is 7.38. The molecule has 1 aromatic carbocycles. The van der Waals surface area contributed by atoms with Crippen LogP contribution in [-0.2, 0) is 9.53 Å². The van der Waals surface area contributed by atoms with Crippen LogP contribution in [0.2, 0.25) is 0 Å². The van der Waals surface area contributed by atoms with Crippen molar-refractivity contribution in [2.45, 2.75) is 59.2 Å². The van der Waals surface area contributed by atoms with Crippen LogP contribution in [0.1, 0.15) is 47.5 Å². The molecule has 0 radical (unpaired) electrons. The molecule has 0 aliphatic rings. The van der Waals surface area contributed by atoms with E-state index in [0.29, 0.717) is 13.0 Å². The lowest BCUT2D eigenvalue weighted by Crippen LogP contribution is -2.42. The lowest BCUT2D eigenvalue weighted by Gasteiger charge is -2.27. The summed E-state index contributed by atoms with van der Waals surface area (Å²) >= 11 is 0. The largest absolute Gasteiger partial charge is 0.491 e. The Morgan fingerprint density at radius 3 is 2.33 bits per heavy atom. The Balaban J connectivity index is 2.68. The van der Waals surface area contributed by atoms with E-state index in [1.54, 1.807) is 0 Å². The Bertz CT molecular complexity index is 442. The van der Waals surface area contributed by atoms with Gasteiger partial charge in [0.25, 0.3) is 5.91 Å². The lowest BCUT2D eigenvalue weighted by atomic mass is 10.0. The predicted molar refractivity (Wildman–Crippen MR) is 85.8 cm³/mol. The molecule has 1 aromatic rings. The molecule has 1 atom stereocenters. The number of hydrogen-bond acceptors (Lipinski definition) is 3. The van der Waals surface area contributed by atoms with Crippen LogP contribution >= 0.6 is 0 Å². The van der Waals surface area contributed by atoms with Gasteiger partial charge in [0, 0.05) is 12.3 Å². The molecule has 0 aliphatic carbocycles. The fourth-order valence-electron chi connectivity index (χ4n) is 1.81. The van der Waals surface area contributed by atoms with Crippen molar-refractivity contribution in [3.05, 3.63) is 24.3 Å². The molecule has 21 heavy (non-hydrogen) atoms. The zero-order valence-corrected chi connectivity index (χ0v) is 13.7. The summed E-state index contributed by atoms with van der Waals surface area (Å²) in [5, 5.41) is 2.90. The third kappa shape index (κ3) is 5.38. The fourth-order valence-corrected chi connectivity index (χ4v) is 1.81. The Kier molecular flexibility index (Phi) is 6.69. The third-order valence-electron chi connectivity index (χ3n) is 3.26.